The van der Waals surface area contributed by atoms with E-state index in [0.29, 0.717) is 0 Å². The van der Waals surface area contributed by atoms with Gasteiger partial charge in [0, 0.05) is 5.54 Å². The van der Waals surface area contributed by atoms with Crippen molar-refractivity contribution in [2.45, 2.75) is 26.3 Å². The van der Waals surface area contributed by atoms with Crippen molar-refractivity contribution < 1.29 is 22.8 Å². The van der Waals surface area contributed by atoms with Crippen LogP contribution in [0.25, 0.3) is 0 Å². The number of imide groups is 1. The molecule has 0 heterocycles. The molecule has 5 nitrogen and oxygen atoms in total. The number of benzene rings is 1. The Balaban J connectivity index is 2.54. The van der Waals surface area contributed by atoms with Crippen LogP contribution < -0.4 is 16.0 Å². The minimum Gasteiger partial charge on any atom is -0.374 e. The summed E-state index contributed by atoms with van der Waals surface area (Å²) >= 11 is 0. The van der Waals surface area contributed by atoms with Gasteiger partial charge in [-0.1, -0.05) is 0 Å². The van der Waals surface area contributed by atoms with Crippen molar-refractivity contribution >= 4 is 17.6 Å². The Morgan fingerprint density at radius 2 is 1.71 bits per heavy atom. The molecule has 0 aromatic heterocycles. The standard InChI is InChI=1S/C13H16F3N3O2/c1-13(2,3)19-12(21)18-9(20)6-17-8-5-4-7(14)10(15)11(8)16/h4-5,17H,6H2,1-3H3,(H2,18,19,20,21). The minimum absolute atomic E-state index is 0.375. The van der Waals surface area contributed by atoms with Crippen molar-refractivity contribution in [2.75, 3.05) is 11.9 Å². The second-order valence-electron chi connectivity index (χ2n) is 5.33. The predicted octanol–water partition coefficient (Wildman–Crippen LogP) is 2.14. The molecule has 0 unspecified atom stereocenters. The van der Waals surface area contributed by atoms with Crippen LogP contribution in [0.15, 0.2) is 12.1 Å². The number of carbonyl (C=O) groups is 2. The fourth-order valence-electron chi connectivity index (χ4n) is 1.38. The highest BCUT2D eigenvalue weighted by molar-refractivity contribution is 5.96. The Kier molecular flexibility index (Phi) is 5.17. The van der Waals surface area contributed by atoms with Gasteiger partial charge < -0.3 is 10.6 Å². The van der Waals surface area contributed by atoms with E-state index in [9.17, 15) is 22.8 Å². The summed E-state index contributed by atoms with van der Waals surface area (Å²) in [5, 5.41) is 6.78. The van der Waals surface area contributed by atoms with Gasteiger partial charge in [-0.15, -0.1) is 0 Å². The van der Waals surface area contributed by atoms with E-state index in [-0.39, 0.29) is 5.69 Å². The molecule has 0 saturated carbocycles. The third-order valence-corrected chi connectivity index (χ3v) is 2.22. The van der Waals surface area contributed by atoms with E-state index in [1.807, 2.05) is 5.32 Å². The molecular formula is C13H16F3N3O2. The van der Waals surface area contributed by atoms with E-state index in [0.717, 1.165) is 12.1 Å². The van der Waals surface area contributed by atoms with Crippen molar-refractivity contribution in [1.29, 1.82) is 0 Å². The Hall–Kier alpha value is -2.25. The molecule has 116 valence electrons. The number of halogens is 3. The van der Waals surface area contributed by atoms with E-state index >= 15 is 0 Å². The van der Waals surface area contributed by atoms with Gasteiger partial charge >= 0.3 is 6.03 Å². The molecule has 0 radical (unpaired) electrons. The molecule has 0 saturated heterocycles. The Bertz CT molecular complexity index is 556. The van der Waals surface area contributed by atoms with Crippen molar-refractivity contribution in [1.82, 2.24) is 10.6 Å². The van der Waals surface area contributed by atoms with Crippen LogP contribution in [-0.4, -0.2) is 24.0 Å². The maximum Gasteiger partial charge on any atom is 0.321 e. The largest absolute Gasteiger partial charge is 0.374 e. The first-order valence-electron chi connectivity index (χ1n) is 6.09. The Morgan fingerprint density at radius 1 is 1.10 bits per heavy atom. The molecular weight excluding hydrogens is 287 g/mol. The van der Waals surface area contributed by atoms with Crippen molar-refractivity contribution in [3.8, 4) is 0 Å². The lowest BCUT2D eigenvalue weighted by Crippen LogP contribution is -2.49. The quantitative estimate of drug-likeness (QED) is 0.749. The van der Waals surface area contributed by atoms with Crippen LogP contribution in [0.3, 0.4) is 0 Å². The first-order chi connectivity index (χ1) is 9.60. The molecule has 0 atom stereocenters. The fourth-order valence-corrected chi connectivity index (χ4v) is 1.38. The van der Waals surface area contributed by atoms with Crippen LogP contribution in [0, 0.1) is 17.5 Å². The van der Waals surface area contributed by atoms with Crippen LogP contribution >= 0.6 is 0 Å². The van der Waals surface area contributed by atoms with Crippen LogP contribution in [0.4, 0.5) is 23.7 Å². The molecule has 0 fully saturated rings. The minimum atomic E-state index is -1.63. The second kappa shape index (κ2) is 6.47. The van der Waals surface area contributed by atoms with Gasteiger partial charge in [0.1, 0.15) is 0 Å². The molecule has 1 aromatic rings. The molecule has 1 rings (SSSR count). The molecule has 0 aliphatic heterocycles. The average Bonchev–Trinajstić information content (AvgIpc) is 2.32. The molecule has 3 amide bonds. The van der Waals surface area contributed by atoms with Crippen molar-refractivity contribution in [3.05, 3.63) is 29.6 Å². The van der Waals surface area contributed by atoms with E-state index < -0.39 is 41.5 Å². The number of urea groups is 1. The summed E-state index contributed by atoms with van der Waals surface area (Å²) < 4.78 is 39.0. The Labute approximate surface area is 119 Å². The number of anilines is 1. The molecule has 8 heteroatoms. The van der Waals surface area contributed by atoms with Crippen molar-refractivity contribution in [2.24, 2.45) is 0 Å². The first kappa shape index (κ1) is 16.8. The summed E-state index contributed by atoms with van der Waals surface area (Å²) in [5.41, 5.74) is -0.899. The topological polar surface area (TPSA) is 70.2 Å². The van der Waals surface area contributed by atoms with Gasteiger partial charge in [-0.2, -0.15) is 0 Å². The normalized spacial score (nSPS) is 11.0. The molecule has 0 aliphatic rings. The number of rotatable bonds is 3. The first-order valence-corrected chi connectivity index (χ1v) is 6.09. The molecule has 21 heavy (non-hydrogen) atoms. The predicted molar refractivity (Wildman–Crippen MR) is 71.2 cm³/mol. The highest BCUT2D eigenvalue weighted by Gasteiger charge is 2.17. The van der Waals surface area contributed by atoms with Crippen LogP contribution in [0.2, 0.25) is 0 Å². The van der Waals surface area contributed by atoms with Gasteiger partial charge in [-0.05, 0) is 32.9 Å². The molecule has 0 aliphatic carbocycles. The third kappa shape index (κ3) is 5.33. The van der Waals surface area contributed by atoms with E-state index in [1.165, 1.54) is 0 Å². The van der Waals surface area contributed by atoms with Crippen molar-refractivity contribution in [3.63, 3.8) is 0 Å². The van der Waals surface area contributed by atoms with Crippen LogP contribution in [-0.2, 0) is 4.79 Å². The van der Waals surface area contributed by atoms with Gasteiger partial charge in [0.15, 0.2) is 17.5 Å². The molecule has 3 N–H and O–H groups in total. The lowest BCUT2D eigenvalue weighted by atomic mass is 10.1. The van der Waals surface area contributed by atoms with Gasteiger partial charge in [-0.25, -0.2) is 18.0 Å². The van der Waals surface area contributed by atoms with Crippen LogP contribution in [0.5, 0.6) is 0 Å². The summed E-state index contributed by atoms with van der Waals surface area (Å²) in [6.07, 6.45) is 0. The second-order valence-corrected chi connectivity index (χ2v) is 5.33. The maximum absolute atomic E-state index is 13.3. The zero-order valence-corrected chi connectivity index (χ0v) is 11.8. The molecule has 1 aromatic carbocycles. The smallest absolute Gasteiger partial charge is 0.321 e. The fraction of sp³-hybridized carbons (Fsp3) is 0.385. The highest BCUT2D eigenvalue weighted by atomic mass is 19.2. The summed E-state index contributed by atoms with van der Waals surface area (Å²) in [6, 6.07) is 0.973. The SMILES string of the molecule is CC(C)(C)NC(=O)NC(=O)CNc1ccc(F)c(F)c1F. The van der Waals surface area contributed by atoms with E-state index in [4.69, 9.17) is 0 Å². The van der Waals surface area contributed by atoms with Gasteiger partial charge in [0.25, 0.3) is 0 Å². The van der Waals surface area contributed by atoms with Gasteiger partial charge in [0.05, 0.1) is 12.2 Å². The maximum atomic E-state index is 13.3. The lowest BCUT2D eigenvalue weighted by Gasteiger charge is -2.20. The summed E-state index contributed by atoms with van der Waals surface area (Å²) in [6.45, 7) is 4.71. The molecule has 0 spiro atoms. The number of hydrogen-bond donors (Lipinski definition) is 3. The van der Waals surface area contributed by atoms with Gasteiger partial charge in [0.2, 0.25) is 5.91 Å². The molecule has 0 bridgehead atoms. The van der Waals surface area contributed by atoms with E-state index in [1.54, 1.807) is 20.8 Å². The summed E-state index contributed by atoms with van der Waals surface area (Å²) in [7, 11) is 0. The summed E-state index contributed by atoms with van der Waals surface area (Å²) in [5.74, 6) is -5.14. The number of nitrogens with one attached hydrogen (secondary N) is 3. The number of carbonyl (C=O) groups excluding carboxylic acids is 2. The van der Waals surface area contributed by atoms with Gasteiger partial charge in [-0.3, -0.25) is 10.1 Å². The zero-order valence-electron chi connectivity index (χ0n) is 11.8. The average molecular weight is 303 g/mol. The number of hydrogen-bond acceptors (Lipinski definition) is 3. The summed E-state index contributed by atoms with van der Waals surface area (Å²) in [4.78, 5) is 22.8. The number of amides is 3. The Morgan fingerprint density at radius 3 is 2.29 bits per heavy atom. The third-order valence-electron chi connectivity index (χ3n) is 2.22. The zero-order chi connectivity index (χ0) is 16.2. The van der Waals surface area contributed by atoms with E-state index in [2.05, 4.69) is 10.6 Å². The van der Waals surface area contributed by atoms with Crippen LogP contribution in [0.1, 0.15) is 20.8 Å². The highest BCUT2D eigenvalue weighted by Crippen LogP contribution is 2.19. The monoisotopic (exact) mass is 303 g/mol. The lowest BCUT2D eigenvalue weighted by molar-refractivity contribution is -0.118.